The highest BCUT2D eigenvalue weighted by Crippen LogP contribution is 2.20. The molecule has 0 spiro atoms. The molecule has 0 aliphatic carbocycles. The lowest BCUT2D eigenvalue weighted by Crippen LogP contribution is -2.53. The average Bonchev–Trinajstić information content (AvgIpc) is 2.57. The van der Waals surface area contributed by atoms with Gasteiger partial charge in [0, 0.05) is 34.6 Å². The number of esters is 5. The van der Waals surface area contributed by atoms with Crippen LogP contribution >= 0.6 is 0 Å². The second-order valence-corrected chi connectivity index (χ2v) is 5.68. The summed E-state index contributed by atoms with van der Waals surface area (Å²) in [6, 6.07) is 0. The molecule has 0 radical (unpaired) electrons. The summed E-state index contributed by atoms with van der Waals surface area (Å²) in [5.74, 6) is -4.11. The van der Waals surface area contributed by atoms with E-state index in [9.17, 15) is 28.8 Å². The van der Waals surface area contributed by atoms with Crippen LogP contribution in [0.1, 0.15) is 34.6 Å². The van der Waals surface area contributed by atoms with Crippen LogP contribution in [0.4, 0.5) is 0 Å². The zero-order chi connectivity index (χ0) is 22.6. The summed E-state index contributed by atoms with van der Waals surface area (Å²) >= 11 is 0. The minimum absolute atomic E-state index is 0.501. The SMILES string of the molecule is CC(=O)OC[C@@H](OC(C)=O)[C@@H](OC(C)=O)[C@H](OC(C)=O)[C@H](CN=C=O)OC(C)=O. The van der Waals surface area contributed by atoms with Crippen molar-refractivity contribution in [3.05, 3.63) is 0 Å². The second kappa shape index (κ2) is 13.0. The molecule has 0 aromatic heterocycles. The van der Waals surface area contributed by atoms with Crippen molar-refractivity contribution in [2.75, 3.05) is 13.2 Å². The first-order valence-corrected chi connectivity index (χ1v) is 8.33. The van der Waals surface area contributed by atoms with Gasteiger partial charge in [0.25, 0.3) is 0 Å². The zero-order valence-electron chi connectivity index (χ0n) is 16.7. The fourth-order valence-electron chi connectivity index (χ4n) is 2.25. The summed E-state index contributed by atoms with van der Waals surface area (Å²) in [5.41, 5.74) is 0. The fraction of sp³-hybridized carbons (Fsp3) is 0.647. The second-order valence-electron chi connectivity index (χ2n) is 5.68. The van der Waals surface area contributed by atoms with Crippen LogP contribution in [0.3, 0.4) is 0 Å². The summed E-state index contributed by atoms with van der Waals surface area (Å²) in [4.78, 5) is 71.1. The predicted molar refractivity (Wildman–Crippen MR) is 91.8 cm³/mol. The van der Waals surface area contributed by atoms with Gasteiger partial charge in [0.2, 0.25) is 6.08 Å². The largest absolute Gasteiger partial charge is 0.462 e. The highest BCUT2D eigenvalue weighted by atomic mass is 16.6. The van der Waals surface area contributed by atoms with E-state index >= 15 is 0 Å². The van der Waals surface area contributed by atoms with Crippen molar-refractivity contribution in [1.82, 2.24) is 0 Å². The molecule has 12 nitrogen and oxygen atoms in total. The van der Waals surface area contributed by atoms with Gasteiger partial charge in [0.15, 0.2) is 24.4 Å². The first-order chi connectivity index (χ1) is 13.5. The average molecular weight is 417 g/mol. The van der Waals surface area contributed by atoms with E-state index in [1.807, 2.05) is 0 Å². The third kappa shape index (κ3) is 11.2. The number of ether oxygens (including phenoxy) is 5. The summed E-state index contributed by atoms with van der Waals surface area (Å²) in [7, 11) is 0. The molecule has 0 unspecified atom stereocenters. The Morgan fingerprint density at radius 1 is 0.690 bits per heavy atom. The van der Waals surface area contributed by atoms with Gasteiger partial charge >= 0.3 is 29.8 Å². The number of isocyanates is 1. The summed E-state index contributed by atoms with van der Waals surface area (Å²) in [6.07, 6.45) is -4.71. The molecule has 12 heteroatoms. The molecule has 0 saturated heterocycles. The number of aliphatic imine (C=N–C) groups is 1. The van der Waals surface area contributed by atoms with Gasteiger partial charge in [-0.3, -0.25) is 24.0 Å². The highest BCUT2D eigenvalue weighted by molar-refractivity contribution is 5.69. The normalized spacial score (nSPS) is 14.1. The molecule has 0 aromatic carbocycles. The topological polar surface area (TPSA) is 161 Å². The minimum Gasteiger partial charge on any atom is -0.462 e. The van der Waals surface area contributed by atoms with E-state index in [-0.39, 0.29) is 0 Å². The first-order valence-electron chi connectivity index (χ1n) is 8.33. The lowest BCUT2D eigenvalue weighted by molar-refractivity contribution is -0.201. The van der Waals surface area contributed by atoms with E-state index in [1.165, 1.54) is 6.08 Å². The van der Waals surface area contributed by atoms with E-state index in [0.717, 1.165) is 34.6 Å². The van der Waals surface area contributed by atoms with Gasteiger partial charge in [0.05, 0.1) is 6.54 Å². The van der Waals surface area contributed by atoms with Crippen molar-refractivity contribution in [1.29, 1.82) is 0 Å². The molecule has 0 aliphatic rings. The maximum atomic E-state index is 11.6. The van der Waals surface area contributed by atoms with Crippen LogP contribution in [0.25, 0.3) is 0 Å². The molecule has 29 heavy (non-hydrogen) atoms. The Balaban J connectivity index is 6.20. The van der Waals surface area contributed by atoms with Gasteiger partial charge in [-0.25, -0.2) is 9.79 Å². The molecule has 0 N–H and O–H groups in total. The molecular weight excluding hydrogens is 394 g/mol. The van der Waals surface area contributed by atoms with Crippen LogP contribution in [0, 0.1) is 0 Å². The maximum Gasteiger partial charge on any atom is 0.303 e. The van der Waals surface area contributed by atoms with E-state index < -0.39 is 67.4 Å². The third-order valence-electron chi connectivity index (χ3n) is 3.08. The van der Waals surface area contributed by atoms with Gasteiger partial charge < -0.3 is 23.7 Å². The summed E-state index contributed by atoms with van der Waals surface area (Å²) in [6.45, 7) is 4.18. The first kappa shape index (κ1) is 25.7. The summed E-state index contributed by atoms with van der Waals surface area (Å²) in [5, 5.41) is 0. The van der Waals surface area contributed by atoms with Crippen molar-refractivity contribution in [2.45, 2.75) is 59.0 Å². The van der Waals surface area contributed by atoms with Crippen LogP contribution in [0.2, 0.25) is 0 Å². The highest BCUT2D eigenvalue weighted by Gasteiger charge is 2.43. The monoisotopic (exact) mass is 417 g/mol. The van der Waals surface area contributed by atoms with Gasteiger partial charge in [0.1, 0.15) is 6.61 Å². The molecule has 0 bridgehead atoms. The smallest absolute Gasteiger partial charge is 0.303 e. The predicted octanol–water partition coefficient (Wildman–Crippen LogP) is -0.388. The van der Waals surface area contributed by atoms with Crippen LogP contribution in [-0.4, -0.2) is 73.5 Å². The van der Waals surface area contributed by atoms with Crippen molar-refractivity contribution >= 4 is 35.9 Å². The Bertz CT molecular complexity index is 664. The Kier molecular flexibility index (Phi) is 11.5. The maximum absolute atomic E-state index is 11.6. The molecule has 0 rings (SSSR count). The van der Waals surface area contributed by atoms with Crippen molar-refractivity contribution in [3.8, 4) is 0 Å². The quantitative estimate of drug-likeness (QED) is 0.186. The molecule has 0 fully saturated rings. The van der Waals surface area contributed by atoms with Crippen molar-refractivity contribution in [3.63, 3.8) is 0 Å². The van der Waals surface area contributed by atoms with Crippen LogP contribution in [0.5, 0.6) is 0 Å². The van der Waals surface area contributed by atoms with Gasteiger partial charge in [-0.1, -0.05) is 0 Å². The number of carbonyl (C=O) groups is 5. The number of rotatable bonds is 11. The molecule has 0 heterocycles. The Labute approximate surface area is 166 Å². The Morgan fingerprint density at radius 2 is 1.10 bits per heavy atom. The molecular formula is C17H23NO11. The molecule has 0 aliphatic heterocycles. The molecule has 0 aromatic rings. The molecule has 0 saturated carbocycles. The number of carbonyl (C=O) groups excluding carboxylic acids is 6. The molecule has 0 amide bonds. The van der Waals surface area contributed by atoms with E-state index in [2.05, 4.69) is 4.99 Å². The van der Waals surface area contributed by atoms with Crippen LogP contribution in [0.15, 0.2) is 4.99 Å². The van der Waals surface area contributed by atoms with Crippen LogP contribution in [-0.2, 0) is 52.5 Å². The van der Waals surface area contributed by atoms with Crippen LogP contribution < -0.4 is 0 Å². The van der Waals surface area contributed by atoms with Crippen molar-refractivity contribution in [2.24, 2.45) is 4.99 Å². The van der Waals surface area contributed by atoms with E-state index in [1.54, 1.807) is 0 Å². The lowest BCUT2D eigenvalue weighted by atomic mass is 10.0. The fourth-order valence-corrected chi connectivity index (χ4v) is 2.25. The standard InChI is InChI=1S/C17H23NO11/c1-9(20)25-7-15(27-11(3)22)17(29-13(5)24)16(28-12(4)23)14(6-18-8-19)26-10(2)21/h14-17H,6-7H2,1-5H3/t14-,15+,16+,17+/m0/s1. The third-order valence-corrected chi connectivity index (χ3v) is 3.08. The van der Waals surface area contributed by atoms with Gasteiger partial charge in [-0.2, -0.15) is 0 Å². The van der Waals surface area contributed by atoms with E-state index in [0.29, 0.717) is 0 Å². The number of nitrogens with zero attached hydrogens (tertiary/aromatic N) is 1. The van der Waals surface area contributed by atoms with E-state index in [4.69, 9.17) is 23.7 Å². The lowest BCUT2D eigenvalue weighted by Gasteiger charge is -2.34. The molecule has 4 atom stereocenters. The molecule has 162 valence electrons. The minimum atomic E-state index is -1.56. The van der Waals surface area contributed by atoms with Crippen molar-refractivity contribution < 1.29 is 52.5 Å². The number of hydrogen-bond acceptors (Lipinski definition) is 12. The number of hydrogen-bond donors (Lipinski definition) is 0. The van der Waals surface area contributed by atoms with Gasteiger partial charge in [-0.05, 0) is 0 Å². The zero-order valence-corrected chi connectivity index (χ0v) is 16.7. The Hall–Kier alpha value is -3.27. The van der Waals surface area contributed by atoms with Gasteiger partial charge in [-0.15, -0.1) is 0 Å². The summed E-state index contributed by atoms with van der Waals surface area (Å²) < 4.78 is 25.2. The Morgan fingerprint density at radius 3 is 1.48 bits per heavy atom.